The quantitative estimate of drug-likeness (QED) is 0.826. The first-order chi connectivity index (χ1) is 11.3. The van der Waals surface area contributed by atoms with Gasteiger partial charge in [-0.25, -0.2) is 9.97 Å². The Kier molecular flexibility index (Phi) is 5.43. The van der Waals surface area contributed by atoms with Crippen LogP contribution in [0.15, 0.2) is 52.9 Å². The van der Waals surface area contributed by atoms with Gasteiger partial charge in [-0.3, -0.25) is 5.01 Å². The summed E-state index contributed by atoms with van der Waals surface area (Å²) in [5, 5.41) is 16.2. The van der Waals surface area contributed by atoms with Crippen molar-refractivity contribution in [1.82, 2.24) is 15.0 Å². The minimum absolute atomic E-state index is 0.0667. The molecule has 23 heavy (non-hydrogen) atoms. The lowest BCUT2D eigenvalue weighted by Gasteiger charge is -2.16. The summed E-state index contributed by atoms with van der Waals surface area (Å²) in [5.41, 5.74) is 1.64. The molecular formula is C15H13N5S3. The van der Waals surface area contributed by atoms with Crippen molar-refractivity contribution in [2.75, 3.05) is 7.05 Å². The van der Waals surface area contributed by atoms with Gasteiger partial charge in [-0.1, -0.05) is 65.6 Å². The van der Waals surface area contributed by atoms with Gasteiger partial charge >= 0.3 is 0 Å². The molecule has 0 saturated carbocycles. The largest absolute Gasteiger partial charge is 0.274 e. The van der Waals surface area contributed by atoms with Crippen molar-refractivity contribution in [3.8, 4) is 6.07 Å². The molecule has 5 nitrogen and oxygen atoms in total. The van der Waals surface area contributed by atoms with E-state index < -0.39 is 0 Å². The number of hydrazone groups is 1. The van der Waals surface area contributed by atoms with Crippen molar-refractivity contribution in [3.05, 3.63) is 54.0 Å². The number of hydrogen-bond donors (Lipinski definition) is 0. The van der Waals surface area contributed by atoms with Gasteiger partial charge in [-0.15, -0.1) is 0 Å². The van der Waals surface area contributed by atoms with Gasteiger partial charge in [0.15, 0.2) is 10.1 Å². The molecule has 0 radical (unpaired) electrons. The third-order valence-corrected chi connectivity index (χ3v) is 6.78. The summed E-state index contributed by atoms with van der Waals surface area (Å²) >= 11 is 4.90. The molecule has 1 unspecified atom stereocenters. The molecule has 2 heterocycles. The van der Waals surface area contributed by atoms with Gasteiger partial charge in [0, 0.05) is 25.2 Å². The lowest BCUT2D eigenvalue weighted by atomic mass is 10.2. The van der Waals surface area contributed by atoms with Crippen molar-refractivity contribution in [1.29, 1.82) is 5.26 Å². The Balaban J connectivity index is 1.59. The van der Waals surface area contributed by atoms with Crippen molar-refractivity contribution < 1.29 is 0 Å². The average Bonchev–Trinajstić information content (AvgIpc) is 2.94. The van der Waals surface area contributed by atoms with E-state index in [4.69, 9.17) is 5.26 Å². The van der Waals surface area contributed by atoms with E-state index in [2.05, 4.69) is 33.3 Å². The summed E-state index contributed by atoms with van der Waals surface area (Å²) in [4.78, 5) is 8.29. The second-order valence-corrected chi connectivity index (χ2v) is 8.24. The van der Waals surface area contributed by atoms with Crippen LogP contribution in [0.1, 0.15) is 11.3 Å². The second-order valence-electron chi connectivity index (χ2n) is 4.58. The Morgan fingerprint density at radius 2 is 2.04 bits per heavy atom. The number of rotatable bonds is 4. The van der Waals surface area contributed by atoms with Crippen molar-refractivity contribution >= 4 is 39.7 Å². The highest BCUT2D eigenvalue weighted by atomic mass is 32.2. The van der Waals surface area contributed by atoms with Crippen molar-refractivity contribution in [3.63, 3.8) is 0 Å². The van der Waals surface area contributed by atoms with Crippen LogP contribution in [-0.2, 0) is 5.75 Å². The van der Waals surface area contributed by atoms with Crippen LogP contribution < -0.4 is 0 Å². The molecule has 1 aliphatic rings. The van der Waals surface area contributed by atoms with E-state index in [-0.39, 0.29) is 4.71 Å². The van der Waals surface area contributed by atoms with E-state index in [0.29, 0.717) is 10.7 Å². The fourth-order valence-corrected chi connectivity index (χ4v) is 5.41. The summed E-state index contributed by atoms with van der Waals surface area (Å²) in [6.07, 6.45) is 3.14. The molecule has 3 rings (SSSR count). The predicted octanol–water partition coefficient (Wildman–Crippen LogP) is 3.61. The fourth-order valence-electron chi connectivity index (χ4n) is 1.83. The molecule has 2 aromatic rings. The molecule has 8 heteroatoms. The first-order valence-electron chi connectivity index (χ1n) is 6.79. The number of aromatic nitrogens is 2. The van der Waals surface area contributed by atoms with Crippen LogP contribution in [-0.4, -0.2) is 31.1 Å². The third kappa shape index (κ3) is 4.19. The molecule has 116 valence electrons. The number of benzene rings is 1. The highest BCUT2D eigenvalue weighted by molar-refractivity contribution is 8.42. The highest BCUT2D eigenvalue weighted by Gasteiger charge is 2.27. The monoisotopic (exact) mass is 359 g/mol. The van der Waals surface area contributed by atoms with E-state index in [1.165, 1.54) is 23.5 Å². The van der Waals surface area contributed by atoms with E-state index in [0.717, 1.165) is 10.1 Å². The maximum absolute atomic E-state index is 9.10. The van der Waals surface area contributed by atoms with Crippen LogP contribution in [0.5, 0.6) is 0 Å². The average molecular weight is 360 g/mol. The lowest BCUT2D eigenvalue weighted by molar-refractivity contribution is 0.407. The van der Waals surface area contributed by atoms with Gasteiger partial charge < -0.3 is 0 Å². The van der Waals surface area contributed by atoms with E-state index in [1.54, 1.807) is 29.7 Å². The van der Waals surface area contributed by atoms with Gasteiger partial charge in [0.1, 0.15) is 15.8 Å². The van der Waals surface area contributed by atoms with E-state index >= 15 is 0 Å². The SMILES string of the molecule is CN1N=C(SCc2ccccc2)SC1Sc1nccnc1C#N. The first kappa shape index (κ1) is 16.2. The molecule has 0 aliphatic carbocycles. The molecule has 1 aromatic carbocycles. The third-order valence-electron chi connectivity index (χ3n) is 2.93. The Labute approximate surface area is 147 Å². The molecule has 1 atom stereocenters. The van der Waals surface area contributed by atoms with Crippen LogP contribution in [0, 0.1) is 11.3 Å². The summed E-state index contributed by atoms with van der Waals surface area (Å²) < 4.78 is 1.09. The summed E-state index contributed by atoms with van der Waals surface area (Å²) in [5.74, 6) is 0.895. The molecule has 0 bridgehead atoms. The minimum atomic E-state index is 0.0667. The zero-order valence-electron chi connectivity index (χ0n) is 12.3. The molecule has 0 spiro atoms. The maximum Gasteiger partial charge on any atom is 0.172 e. The number of hydrogen-bond acceptors (Lipinski definition) is 8. The Morgan fingerprint density at radius 1 is 1.26 bits per heavy atom. The molecule has 0 N–H and O–H groups in total. The summed E-state index contributed by atoms with van der Waals surface area (Å²) in [7, 11) is 1.93. The van der Waals surface area contributed by atoms with Gasteiger partial charge in [0.25, 0.3) is 0 Å². The first-order valence-corrected chi connectivity index (χ1v) is 9.53. The predicted molar refractivity (Wildman–Crippen MR) is 96.9 cm³/mol. The van der Waals surface area contributed by atoms with Crippen molar-refractivity contribution in [2.24, 2.45) is 5.10 Å². The maximum atomic E-state index is 9.10. The smallest absolute Gasteiger partial charge is 0.172 e. The topological polar surface area (TPSA) is 65.2 Å². The molecule has 0 fully saturated rings. The van der Waals surface area contributed by atoms with E-state index in [1.807, 2.05) is 30.3 Å². The van der Waals surface area contributed by atoms with Gasteiger partial charge in [0.05, 0.1) is 0 Å². The Hall–Kier alpha value is -1.69. The summed E-state index contributed by atoms with van der Waals surface area (Å²) in [6, 6.07) is 12.4. The van der Waals surface area contributed by atoms with Crippen LogP contribution >= 0.6 is 35.3 Å². The number of thioether (sulfide) groups is 3. The number of nitrogens with zero attached hydrogens (tertiary/aromatic N) is 5. The molecular weight excluding hydrogens is 346 g/mol. The minimum Gasteiger partial charge on any atom is -0.274 e. The molecule has 0 amide bonds. The molecule has 1 aromatic heterocycles. The second kappa shape index (κ2) is 7.73. The highest BCUT2D eigenvalue weighted by Crippen LogP contribution is 2.41. The van der Waals surface area contributed by atoms with Gasteiger partial charge in [-0.2, -0.15) is 10.4 Å². The van der Waals surface area contributed by atoms with Crippen LogP contribution in [0.2, 0.25) is 0 Å². The van der Waals surface area contributed by atoms with Crippen LogP contribution in [0.25, 0.3) is 0 Å². The fraction of sp³-hybridized carbons (Fsp3) is 0.200. The van der Waals surface area contributed by atoms with Crippen molar-refractivity contribution in [2.45, 2.75) is 15.5 Å². The lowest BCUT2D eigenvalue weighted by Crippen LogP contribution is -2.16. The summed E-state index contributed by atoms with van der Waals surface area (Å²) in [6.45, 7) is 0. The zero-order valence-corrected chi connectivity index (χ0v) is 14.7. The van der Waals surface area contributed by atoms with Gasteiger partial charge in [-0.05, 0) is 5.56 Å². The molecule has 0 saturated heterocycles. The molecule has 1 aliphatic heterocycles. The van der Waals surface area contributed by atoms with Crippen LogP contribution in [0.3, 0.4) is 0 Å². The zero-order chi connectivity index (χ0) is 16.1. The Bertz CT molecular complexity index is 744. The number of nitriles is 1. The standard InChI is InChI=1S/C15H13N5S3/c1-20-15(22-13-12(9-16)17-7-8-18-13)23-14(19-20)21-10-11-5-3-2-4-6-11/h2-8,15H,10H2,1H3. The van der Waals surface area contributed by atoms with Crippen LogP contribution in [0.4, 0.5) is 0 Å². The normalized spacial score (nSPS) is 17.0. The van der Waals surface area contributed by atoms with Gasteiger partial charge in [0.2, 0.25) is 0 Å². The Morgan fingerprint density at radius 3 is 2.83 bits per heavy atom. The van der Waals surface area contributed by atoms with E-state index in [9.17, 15) is 0 Å².